The van der Waals surface area contributed by atoms with Crippen molar-refractivity contribution in [1.82, 2.24) is 15.1 Å². The van der Waals surface area contributed by atoms with Crippen molar-refractivity contribution in [2.45, 2.75) is 55.8 Å². The second-order valence-electron chi connectivity index (χ2n) is 9.19. The van der Waals surface area contributed by atoms with Crippen LogP contribution < -0.4 is 10.6 Å². The molecule has 198 valence electrons. The summed E-state index contributed by atoms with van der Waals surface area (Å²) in [5.74, 6) is -2.34. The molecule has 2 heterocycles. The van der Waals surface area contributed by atoms with Crippen molar-refractivity contribution >= 4 is 29.3 Å². The van der Waals surface area contributed by atoms with E-state index in [2.05, 4.69) is 22.3 Å². The van der Waals surface area contributed by atoms with Crippen molar-refractivity contribution in [1.29, 1.82) is 5.26 Å². The summed E-state index contributed by atoms with van der Waals surface area (Å²) in [5.41, 5.74) is 2.16. The van der Waals surface area contributed by atoms with Crippen molar-refractivity contribution in [3.8, 4) is 6.07 Å². The molecule has 2 amide bonds. The van der Waals surface area contributed by atoms with E-state index >= 15 is 0 Å². The largest absolute Gasteiger partial charge is 0.405 e. The van der Waals surface area contributed by atoms with Crippen LogP contribution in [0.25, 0.3) is 0 Å². The molecule has 0 bridgehead atoms. The molecule has 2 aliphatic rings. The molecule has 7 nitrogen and oxygen atoms in total. The normalized spacial score (nSPS) is 21.4. The zero-order chi connectivity index (χ0) is 26.1. The minimum Gasteiger partial charge on any atom is -0.383 e. The Morgan fingerprint density at radius 1 is 1.31 bits per heavy atom. The van der Waals surface area contributed by atoms with Crippen LogP contribution in [0.1, 0.15) is 38.2 Å². The van der Waals surface area contributed by atoms with E-state index in [0.29, 0.717) is 13.1 Å². The fourth-order valence-corrected chi connectivity index (χ4v) is 6.13. The van der Waals surface area contributed by atoms with Gasteiger partial charge in [0.05, 0.1) is 11.4 Å². The lowest BCUT2D eigenvalue weighted by Gasteiger charge is -2.23. The quantitative estimate of drug-likeness (QED) is 0.433. The van der Waals surface area contributed by atoms with Gasteiger partial charge in [-0.05, 0) is 69.9 Å². The first kappa shape index (κ1) is 28.1. The van der Waals surface area contributed by atoms with Gasteiger partial charge < -0.3 is 20.4 Å². The van der Waals surface area contributed by atoms with Gasteiger partial charge in [-0.2, -0.15) is 18.4 Å². The maximum atomic E-state index is 12.9. The Morgan fingerprint density at radius 3 is 2.72 bits per heavy atom. The predicted molar refractivity (Wildman–Crippen MR) is 134 cm³/mol. The second-order valence-corrected chi connectivity index (χ2v) is 10.6. The molecule has 2 N–H and O–H groups in total. The fourth-order valence-electron chi connectivity index (χ4n) is 4.62. The fraction of sp³-hybridized carbons (Fsp3) is 0.640. The van der Waals surface area contributed by atoms with Gasteiger partial charge >= 0.3 is 6.18 Å². The van der Waals surface area contributed by atoms with E-state index in [-0.39, 0.29) is 12.3 Å². The van der Waals surface area contributed by atoms with E-state index in [1.807, 2.05) is 12.1 Å². The molecule has 3 unspecified atom stereocenters. The minimum atomic E-state index is -4.55. The SMILES string of the molecule is CCN1C(=O)C(CNc2cccc(CCCN3CCCC3)c2)SC1CC(C#N)C(=O)NCC(F)(F)F. The molecule has 0 spiro atoms. The lowest BCUT2D eigenvalue weighted by atomic mass is 10.1. The Balaban J connectivity index is 1.51. The van der Waals surface area contributed by atoms with E-state index in [0.717, 1.165) is 25.1 Å². The molecule has 0 saturated carbocycles. The third kappa shape index (κ3) is 8.30. The lowest BCUT2D eigenvalue weighted by molar-refractivity contribution is -0.140. The molecule has 1 aromatic rings. The van der Waals surface area contributed by atoms with E-state index in [1.54, 1.807) is 23.2 Å². The second kappa shape index (κ2) is 13.2. The number of benzene rings is 1. The summed E-state index contributed by atoms with van der Waals surface area (Å²) in [6, 6.07) is 9.94. The molecule has 2 aliphatic heterocycles. The van der Waals surface area contributed by atoms with Gasteiger partial charge in [-0.1, -0.05) is 12.1 Å². The Kier molecular flexibility index (Phi) is 10.3. The highest BCUT2D eigenvalue weighted by Gasteiger charge is 2.41. The third-order valence-electron chi connectivity index (χ3n) is 6.50. The molecular weight excluding hydrogens is 491 g/mol. The Bertz CT molecular complexity index is 933. The molecular formula is C25H34F3N5O2S. The van der Waals surface area contributed by atoms with Crippen LogP contribution in [-0.4, -0.2) is 77.7 Å². The highest BCUT2D eigenvalue weighted by Crippen LogP contribution is 2.35. The number of amides is 2. The Hall–Kier alpha value is -2.45. The van der Waals surface area contributed by atoms with Crippen LogP contribution in [-0.2, 0) is 16.0 Å². The summed E-state index contributed by atoms with van der Waals surface area (Å²) >= 11 is 1.34. The standard InChI is InChI=1S/C25H34F3N5O2S/c1-2-33-22(14-19(15-29)23(34)31-17-25(26,27)28)36-21(24(33)35)16-30-20-9-5-7-18(13-20)8-6-12-32-10-3-4-11-32/h5,7,9,13,19,21-22,30H,2-4,6,8,10-12,14,16-17H2,1H3,(H,31,34). The van der Waals surface area contributed by atoms with Gasteiger partial charge in [0.15, 0.2) is 0 Å². The predicted octanol–water partition coefficient (Wildman–Crippen LogP) is 3.63. The summed E-state index contributed by atoms with van der Waals surface area (Å²) in [7, 11) is 0. The van der Waals surface area contributed by atoms with Gasteiger partial charge in [-0.3, -0.25) is 9.59 Å². The average Bonchev–Trinajstić information content (AvgIpc) is 3.47. The number of rotatable bonds is 12. The number of anilines is 1. The smallest absolute Gasteiger partial charge is 0.383 e. The Labute approximate surface area is 214 Å². The molecule has 3 atom stereocenters. The van der Waals surface area contributed by atoms with Gasteiger partial charge in [0.2, 0.25) is 11.8 Å². The number of halogens is 3. The van der Waals surface area contributed by atoms with Gasteiger partial charge in [0.25, 0.3) is 0 Å². The highest BCUT2D eigenvalue weighted by molar-refractivity contribution is 8.01. The summed E-state index contributed by atoms with van der Waals surface area (Å²) in [4.78, 5) is 29.1. The number of thioether (sulfide) groups is 1. The number of carbonyl (C=O) groups is 2. The van der Waals surface area contributed by atoms with E-state index in [4.69, 9.17) is 0 Å². The van der Waals surface area contributed by atoms with Crippen LogP contribution in [0.3, 0.4) is 0 Å². The van der Waals surface area contributed by atoms with E-state index in [9.17, 15) is 28.0 Å². The van der Waals surface area contributed by atoms with Crippen LogP contribution >= 0.6 is 11.8 Å². The monoisotopic (exact) mass is 525 g/mol. The number of nitrogens with one attached hydrogen (secondary N) is 2. The number of alkyl halides is 3. The summed E-state index contributed by atoms with van der Waals surface area (Å²) in [5, 5.41) is 13.6. The Morgan fingerprint density at radius 2 is 2.06 bits per heavy atom. The molecule has 0 aromatic heterocycles. The number of hydrogen-bond donors (Lipinski definition) is 2. The molecule has 0 radical (unpaired) electrons. The molecule has 0 aliphatic carbocycles. The van der Waals surface area contributed by atoms with Crippen LogP contribution in [0, 0.1) is 17.2 Å². The van der Waals surface area contributed by atoms with Crippen LogP contribution in [0.5, 0.6) is 0 Å². The molecule has 36 heavy (non-hydrogen) atoms. The summed E-state index contributed by atoms with van der Waals surface area (Å²) in [6.07, 6.45) is 0.0929. The van der Waals surface area contributed by atoms with Gasteiger partial charge in [-0.25, -0.2) is 0 Å². The number of aryl methyl sites for hydroxylation is 1. The first-order chi connectivity index (χ1) is 17.2. The third-order valence-corrected chi connectivity index (χ3v) is 7.96. The number of carbonyl (C=O) groups excluding carboxylic acids is 2. The number of nitrogens with zero attached hydrogens (tertiary/aromatic N) is 3. The van der Waals surface area contributed by atoms with Gasteiger partial charge in [0.1, 0.15) is 17.7 Å². The molecule has 2 saturated heterocycles. The number of likely N-dealkylation sites (tertiary alicyclic amines) is 1. The number of hydrogen-bond acceptors (Lipinski definition) is 6. The van der Waals surface area contributed by atoms with Crippen molar-refractivity contribution in [2.75, 3.05) is 44.6 Å². The van der Waals surface area contributed by atoms with Crippen LogP contribution in [0.2, 0.25) is 0 Å². The van der Waals surface area contributed by atoms with Gasteiger partial charge in [0, 0.05) is 25.2 Å². The molecule has 2 fully saturated rings. The van der Waals surface area contributed by atoms with E-state index < -0.39 is 35.2 Å². The summed E-state index contributed by atoms with van der Waals surface area (Å²) < 4.78 is 37.3. The average molecular weight is 526 g/mol. The zero-order valence-electron chi connectivity index (χ0n) is 20.5. The minimum absolute atomic E-state index is 0.0204. The maximum Gasteiger partial charge on any atom is 0.405 e. The van der Waals surface area contributed by atoms with Crippen molar-refractivity contribution in [3.63, 3.8) is 0 Å². The first-order valence-corrected chi connectivity index (χ1v) is 13.4. The topological polar surface area (TPSA) is 88.5 Å². The van der Waals surface area contributed by atoms with E-state index in [1.165, 1.54) is 43.3 Å². The van der Waals surface area contributed by atoms with Crippen LogP contribution in [0.4, 0.5) is 18.9 Å². The summed E-state index contributed by atoms with van der Waals surface area (Å²) in [6.45, 7) is 4.58. The highest BCUT2D eigenvalue weighted by atomic mass is 32.2. The van der Waals surface area contributed by atoms with Crippen molar-refractivity contribution < 1.29 is 22.8 Å². The van der Waals surface area contributed by atoms with Crippen LogP contribution in [0.15, 0.2) is 24.3 Å². The van der Waals surface area contributed by atoms with Crippen molar-refractivity contribution in [2.24, 2.45) is 5.92 Å². The molecule has 1 aromatic carbocycles. The van der Waals surface area contributed by atoms with Gasteiger partial charge in [-0.15, -0.1) is 11.8 Å². The molecule has 3 rings (SSSR count). The zero-order valence-corrected chi connectivity index (χ0v) is 21.3. The first-order valence-electron chi connectivity index (χ1n) is 12.5. The number of nitriles is 1. The lowest BCUT2D eigenvalue weighted by Crippen LogP contribution is -2.40. The molecule has 11 heteroatoms. The maximum absolute atomic E-state index is 12.9. The van der Waals surface area contributed by atoms with Crippen molar-refractivity contribution in [3.05, 3.63) is 29.8 Å².